The first-order valence-electron chi connectivity index (χ1n) is 11.4. The van der Waals surface area contributed by atoms with Crippen LogP contribution in [0.4, 0.5) is 11.4 Å². The van der Waals surface area contributed by atoms with Crippen molar-refractivity contribution in [1.82, 2.24) is 0 Å². The smallest absolute Gasteiger partial charge is 0.264 e. The standard InChI is InChI=1S/C26H26BrClN2O4S/c1-3-17-13-20(27)14-18(4-2)26(17)29-25(31)16-34-24-10-9-21(15-22(24)28)35(32,33)30-12-11-19-7-5-6-8-23(19)30/h5-10,13-15H,3-4,11-12,16H2,1-2H3,(H,29,31). The second-order valence-corrected chi connectivity index (χ2v) is 11.4. The number of para-hydroxylation sites is 1. The van der Waals surface area contributed by atoms with Gasteiger partial charge in [0.05, 0.1) is 15.6 Å². The molecule has 0 aromatic heterocycles. The van der Waals surface area contributed by atoms with Crippen molar-refractivity contribution in [2.24, 2.45) is 0 Å². The summed E-state index contributed by atoms with van der Waals surface area (Å²) in [7, 11) is -3.77. The number of hydrogen-bond donors (Lipinski definition) is 1. The number of benzene rings is 3. The number of nitrogens with zero attached hydrogens (tertiary/aromatic N) is 1. The maximum atomic E-state index is 13.2. The molecule has 1 aliphatic heterocycles. The molecule has 0 bridgehead atoms. The van der Waals surface area contributed by atoms with E-state index in [4.69, 9.17) is 16.3 Å². The molecule has 9 heteroatoms. The molecule has 0 atom stereocenters. The number of rotatable bonds is 8. The molecule has 0 saturated carbocycles. The van der Waals surface area contributed by atoms with Crippen LogP contribution in [0.5, 0.6) is 5.75 Å². The van der Waals surface area contributed by atoms with Crippen LogP contribution in [0.3, 0.4) is 0 Å². The Morgan fingerprint density at radius 3 is 2.43 bits per heavy atom. The Morgan fingerprint density at radius 1 is 1.09 bits per heavy atom. The van der Waals surface area contributed by atoms with E-state index < -0.39 is 10.0 Å². The van der Waals surface area contributed by atoms with Gasteiger partial charge in [0.25, 0.3) is 15.9 Å². The molecular weight excluding hydrogens is 552 g/mol. The lowest BCUT2D eigenvalue weighted by Gasteiger charge is -2.20. The molecule has 3 aromatic rings. The molecular formula is C26H26BrClN2O4S. The lowest BCUT2D eigenvalue weighted by atomic mass is 10.0. The van der Waals surface area contributed by atoms with E-state index in [0.29, 0.717) is 18.7 Å². The number of sulfonamides is 1. The van der Waals surface area contributed by atoms with Crippen molar-refractivity contribution in [3.8, 4) is 5.75 Å². The first-order valence-corrected chi connectivity index (χ1v) is 14.0. The Kier molecular flexibility index (Phi) is 7.73. The van der Waals surface area contributed by atoms with Crippen LogP contribution >= 0.6 is 27.5 Å². The van der Waals surface area contributed by atoms with Crippen molar-refractivity contribution < 1.29 is 17.9 Å². The lowest BCUT2D eigenvalue weighted by Crippen LogP contribution is -2.29. The van der Waals surface area contributed by atoms with E-state index >= 15 is 0 Å². The Bertz CT molecular complexity index is 1350. The molecule has 1 amide bonds. The van der Waals surface area contributed by atoms with Crippen LogP contribution in [0.25, 0.3) is 0 Å². The van der Waals surface area contributed by atoms with E-state index in [2.05, 4.69) is 21.2 Å². The minimum absolute atomic E-state index is 0.0750. The number of ether oxygens (including phenoxy) is 1. The molecule has 0 aliphatic carbocycles. The summed E-state index contributed by atoms with van der Waals surface area (Å²) in [4.78, 5) is 12.7. The van der Waals surface area contributed by atoms with Crippen molar-refractivity contribution >= 4 is 54.8 Å². The molecule has 3 aromatic carbocycles. The third kappa shape index (κ3) is 5.34. The third-order valence-electron chi connectivity index (χ3n) is 5.99. The number of anilines is 2. The molecule has 0 unspecified atom stereocenters. The molecule has 1 heterocycles. The van der Waals surface area contributed by atoms with Gasteiger partial charge < -0.3 is 10.1 Å². The van der Waals surface area contributed by atoms with Crippen LogP contribution in [-0.2, 0) is 34.1 Å². The van der Waals surface area contributed by atoms with E-state index in [1.54, 1.807) is 6.07 Å². The number of aryl methyl sites for hydroxylation is 2. The largest absolute Gasteiger partial charge is 0.482 e. The van der Waals surface area contributed by atoms with Crippen molar-refractivity contribution in [2.45, 2.75) is 38.0 Å². The van der Waals surface area contributed by atoms with E-state index in [9.17, 15) is 13.2 Å². The van der Waals surface area contributed by atoms with Crippen LogP contribution in [0.1, 0.15) is 30.5 Å². The van der Waals surface area contributed by atoms with Gasteiger partial charge in [-0.2, -0.15) is 0 Å². The van der Waals surface area contributed by atoms with Gasteiger partial charge in [0.2, 0.25) is 0 Å². The highest BCUT2D eigenvalue weighted by molar-refractivity contribution is 9.10. The number of halogens is 2. The quantitative estimate of drug-likeness (QED) is 0.357. The van der Waals surface area contributed by atoms with Gasteiger partial charge in [0.15, 0.2) is 6.61 Å². The zero-order valence-electron chi connectivity index (χ0n) is 19.5. The summed E-state index contributed by atoms with van der Waals surface area (Å²) >= 11 is 9.87. The van der Waals surface area contributed by atoms with Gasteiger partial charge in [-0.25, -0.2) is 8.42 Å². The summed E-state index contributed by atoms with van der Waals surface area (Å²) in [6.07, 6.45) is 2.20. The summed E-state index contributed by atoms with van der Waals surface area (Å²) in [5.74, 6) is -0.0806. The summed E-state index contributed by atoms with van der Waals surface area (Å²) in [6.45, 7) is 4.19. The van der Waals surface area contributed by atoms with Crippen molar-refractivity contribution in [1.29, 1.82) is 0 Å². The minimum Gasteiger partial charge on any atom is -0.482 e. The highest BCUT2D eigenvalue weighted by Gasteiger charge is 2.31. The minimum atomic E-state index is -3.77. The number of fused-ring (bicyclic) bond motifs is 1. The van der Waals surface area contributed by atoms with E-state index in [1.165, 1.54) is 22.5 Å². The number of amides is 1. The zero-order valence-corrected chi connectivity index (χ0v) is 22.6. The molecule has 35 heavy (non-hydrogen) atoms. The van der Waals surface area contributed by atoms with Gasteiger partial charge in [-0.3, -0.25) is 9.10 Å². The topological polar surface area (TPSA) is 75.7 Å². The van der Waals surface area contributed by atoms with Crippen LogP contribution < -0.4 is 14.4 Å². The van der Waals surface area contributed by atoms with Crippen molar-refractivity contribution in [3.63, 3.8) is 0 Å². The fraction of sp³-hybridized carbons (Fsp3) is 0.269. The van der Waals surface area contributed by atoms with Crippen LogP contribution in [-0.4, -0.2) is 27.5 Å². The molecule has 4 rings (SSSR count). The monoisotopic (exact) mass is 576 g/mol. The third-order valence-corrected chi connectivity index (χ3v) is 8.55. The Labute approximate surface area is 219 Å². The van der Waals surface area contributed by atoms with E-state index in [1.807, 2.05) is 44.2 Å². The first kappa shape index (κ1) is 25.5. The summed E-state index contributed by atoms with van der Waals surface area (Å²) in [5, 5.41) is 3.07. The second-order valence-electron chi connectivity index (χ2n) is 8.19. The van der Waals surface area contributed by atoms with Crippen LogP contribution in [0.2, 0.25) is 5.02 Å². The average molecular weight is 578 g/mol. The average Bonchev–Trinajstić information content (AvgIpc) is 3.29. The number of nitrogens with one attached hydrogen (secondary N) is 1. The number of carbonyl (C=O) groups excluding carboxylic acids is 1. The highest BCUT2D eigenvalue weighted by Crippen LogP contribution is 2.35. The summed E-state index contributed by atoms with van der Waals surface area (Å²) in [6, 6.07) is 15.7. The fourth-order valence-electron chi connectivity index (χ4n) is 4.21. The Morgan fingerprint density at radius 2 is 1.77 bits per heavy atom. The highest BCUT2D eigenvalue weighted by atomic mass is 79.9. The molecule has 0 spiro atoms. The van der Waals surface area contributed by atoms with Gasteiger partial charge in [-0.15, -0.1) is 0 Å². The Balaban J connectivity index is 1.46. The summed E-state index contributed by atoms with van der Waals surface area (Å²) in [5.41, 5.74) is 4.54. The second kappa shape index (κ2) is 10.6. The maximum absolute atomic E-state index is 13.2. The normalized spacial score (nSPS) is 13.0. The van der Waals surface area contributed by atoms with Gasteiger partial charge in [-0.05, 0) is 72.4 Å². The Hall–Kier alpha value is -2.55. The van der Waals surface area contributed by atoms with Crippen molar-refractivity contribution in [2.75, 3.05) is 22.8 Å². The molecule has 1 aliphatic rings. The van der Waals surface area contributed by atoms with E-state index in [-0.39, 0.29) is 28.2 Å². The van der Waals surface area contributed by atoms with Crippen LogP contribution in [0, 0.1) is 0 Å². The first-order chi connectivity index (χ1) is 16.7. The predicted molar refractivity (Wildman–Crippen MR) is 143 cm³/mol. The zero-order chi connectivity index (χ0) is 25.2. The van der Waals surface area contributed by atoms with Crippen LogP contribution in [0.15, 0.2) is 64.0 Å². The van der Waals surface area contributed by atoms with Crippen molar-refractivity contribution in [3.05, 3.63) is 80.8 Å². The molecule has 0 fully saturated rings. The lowest BCUT2D eigenvalue weighted by molar-refractivity contribution is -0.118. The molecule has 1 N–H and O–H groups in total. The van der Waals surface area contributed by atoms with Gasteiger partial charge in [0.1, 0.15) is 5.75 Å². The maximum Gasteiger partial charge on any atom is 0.264 e. The number of hydrogen-bond acceptors (Lipinski definition) is 4. The molecule has 6 nitrogen and oxygen atoms in total. The van der Waals surface area contributed by atoms with E-state index in [0.717, 1.165) is 39.7 Å². The molecule has 0 saturated heterocycles. The summed E-state index contributed by atoms with van der Waals surface area (Å²) < 4.78 is 34.5. The van der Waals surface area contributed by atoms with Gasteiger partial charge in [-0.1, -0.05) is 59.6 Å². The fourth-order valence-corrected chi connectivity index (χ4v) is 6.59. The predicted octanol–water partition coefficient (Wildman–Crippen LogP) is 6.00. The van der Waals surface area contributed by atoms with Gasteiger partial charge in [0, 0.05) is 16.7 Å². The SMILES string of the molecule is CCc1cc(Br)cc(CC)c1NC(=O)COc1ccc(S(=O)(=O)N2CCc3ccccc32)cc1Cl. The molecule has 0 radical (unpaired) electrons. The molecule has 184 valence electrons. The number of carbonyl (C=O) groups is 1. The van der Waals surface area contributed by atoms with Gasteiger partial charge >= 0.3 is 0 Å².